The maximum Gasteiger partial charge on any atom is 0.144 e. The van der Waals surface area contributed by atoms with Gasteiger partial charge in [-0.05, 0) is 24.3 Å². The first-order valence-corrected chi connectivity index (χ1v) is 9.31. The molecular formula is C20H15ClFN3O2S. The van der Waals surface area contributed by atoms with Crippen molar-refractivity contribution in [3.63, 3.8) is 0 Å². The highest BCUT2D eigenvalue weighted by Crippen LogP contribution is 2.36. The molecule has 0 saturated heterocycles. The predicted octanol–water partition coefficient (Wildman–Crippen LogP) is 5.60. The molecular weight excluding hydrogens is 401 g/mol. The smallest absolute Gasteiger partial charge is 0.144 e. The molecule has 3 rings (SSSR count). The molecule has 142 valence electrons. The molecule has 8 heteroatoms. The molecule has 0 bridgehead atoms. The molecule has 0 spiro atoms. The van der Waals surface area contributed by atoms with Gasteiger partial charge in [0.2, 0.25) is 0 Å². The third-order valence-corrected chi connectivity index (χ3v) is 5.01. The highest BCUT2D eigenvalue weighted by molar-refractivity contribution is 7.11. The van der Waals surface area contributed by atoms with Gasteiger partial charge in [0.1, 0.15) is 34.0 Å². The van der Waals surface area contributed by atoms with Gasteiger partial charge in [-0.15, -0.1) is 11.3 Å². The summed E-state index contributed by atoms with van der Waals surface area (Å²) in [4.78, 5) is 4.47. The third kappa shape index (κ3) is 4.25. The normalized spacial score (nSPS) is 11.0. The van der Waals surface area contributed by atoms with E-state index in [0.717, 1.165) is 5.56 Å². The zero-order valence-electron chi connectivity index (χ0n) is 15.0. The summed E-state index contributed by atoms with van der Waals surface area (Å²) in [6, 6.07) is 11.5. The molecule has 3 aromatic rings. The minimum Gasteiger partial charge on any atom is -0.495 e. The van der Waals surface area contributed by atoms with Crippen LogP contribution in [0.4, 0.5) is 10.1 Å². The third-order valence-electron chi connectivity index (χ3n) is 3.84. The van der Waals surface area contributed by atoms with Crippen LogP contribution in [0.2, 0.25) is 5.02 Å². The van der Waals surface area contributed by atoms with Gasteiger partial charge in [0.05, 0.1) is 30.6 Å². The topological polar surface area (TPSA) is 67.2 Å². The molecule has 1 N–H and O–H groups in total. The van der Waals surface area contributed by atoms with Crippen molar-refractivity contribution in [3.8, 4) is 28.8 Å². The molecule has 0 amide bonds. The number of allylic oxidation sites excluding steroid dienone is 1. The van der Waals surface area contributed by atoms with E-state index in [0.29, 0.717) is 38.5 Å². The van der Waals surface area contributed by atoms with Gasteiger partial charge in [-0.3, -0.25) is 0 Å². The maximum absolute atomic E-state index is 13.1. The van der Waals surface area contributed by atoms with Crippen LogP contribution >= 0.6 is 22.9 Å². The molecule has 28 heavy (non-hydrogen) atoms. The fourth-order valence-electron chi connectivity index (χ4n) is 2.42. The highest BCUT2D eigenvalue weighted by Gasteiger charge is 2.12. The van der Waals surface area contributed by atoms with Crippen LogP contribution in [-0.2, 0) is 0 Å². The lowest BCUT2D eigenvalue weighted by Gasteiger charge is -2.12. The quantitative estimate of drug-likeness (QED) is 0.531. The Bertz CT molecular complexity index is 1060. The molecule has 0 radical (unpaired) electrons. The predicted molar refractivity (Wildman–Crippen MR) is 109 cm³/mol. The summed E-state index contributed by atoms with van der Waals surface area (Å²) in [5.41, 5.74) is 2.38. The number of methoxy groups -OCH3 is 2. The minimum atomic E-state index is -0.312. The van der Waals surface area contributed by atoms with Crippen LogP contribution < -0.4 is 14.8 Å². The SMILES string of the molecule is COc1cc(NC=C(C#N)c2nc(-c3ccc(F)cc3)cs2)c(OC)cc1Cl. The van der Waals surface area contributed by atoms with Crippen LogP contribution in [0.5, 0.6) is 11.5 Å². The van der Waals surface area contributed by atoms with Gasteiger partial charge in [0.25, 0.3) is 0 Å². The molecule has 0 aliphatic rings. The Hall–Kier alpha value is -3.08. The van der Waals surface area contributed by atoms with Crippen LogP contribution in [0, 0.1) is 17.1 Å². The summed E-state index contributed by atoms with van der Waals surface area (Å²) in [7, 11) is 3.04. The zero-order chi connectivity index (χ0) is 20.1. The Labute approximate surface area is 170 Å². The fourth-order valence-corrected chi connectivity index (χ4v) is 3.44. The van der Waals surface area contributed by atoms with Crippen molar-refractivity contribution in [1.29, 1.82) is 5.26 Å². The van der Waals surface area contributed by atoms with Crippen LogP contribution in [-0.4, -0.2) is 19.2 Å². The molecule has 0 fully saturated rings. The second-order valence-electron chi connectivity index (χ2n) is 5.55. The summed E-state index contributed by atoms with van der Waals surface area (Å²) >= 11 is 7.43. The molecule has 0 aliphatic heterocycles. The number of aromatic nitrogens is 1. The van der Waals surface area contributed by atoms with E-state index in [4.69, 9.17) is 21.1 Å². The van der Waals surface area contributed by atoms with E-state index in [1.807, 2.05) is 5.38 Å². The number of rotatable bonds is 6. The van der Waals surface area contributed by atoms with Crippen molar-refractivity contribution < 1.29 is 13.9 Å². The zero-order valence-corrected chi connectivity index (χ0v) is 16.6. The Morgan fingerprint density at radius 2 is 1.93 bits per heavy atom. The van der Waals surface area contributed by atoms with Crippen molar-refractivity contribution >= 4 is 34.2 Å². The average molecular weight is 416 g/mol. The van der Waals surface area contributed by atoms with Gasteiger partial charge in [-0.1, -0.05) is 11.6 Å². The summed E-state index contributed by atoms with van der Waals surface area (Å²) in [5.74, 6) is 0.670. The number of hydrogen-bond acceptors (Lipinski definition) is 6. The molecule has 0 aliphatic carbocycles. The average Bonchev–Trinajstić information content (AvgIpc) is 3.19. The van der Waals surface area contributed by atoms with E-state index in [9.17, 15) is 9.65 Å². The van der Waals surface area contributed by atoms with Crippen LogP contribution in [0.25, 0.3) is 16.8 Å². The maximum atomic E-state index is 13.1. The van der Waals surface area contributed by atoms with Gasteiger partial charge in [-0.2, -0.15) is 5.26 Å². The Kier molecular flexibility index (Phi) is 6.14. The van der Waals surface area contributed by atoms with Crippen molar-refractivity contribution in [1.82, 2.24) is 4.98 Å². The molecule has 0 atom stereocenters. The lowest BCUT2D eigenvalue weighted by atomic mass is 10.2. The monoisotopic (exact) mass is 415 g/mol. The Morgan fingerprint density at radius 3 is 2.57 bits per heavy atom. The van der Waals surface area contributed by atoms with E-state index in [1.54, 1.807) is 30.5 Å². The Balaban J connectivity index is 1.88. The number of ether oxygens (including phenoxy) is 2. The van der Waals surface area contributed by atoms with Crippen molar-refractivity contribution in [2.45, 2.75) is 0 Å². The number of hydrogen-bond donors (Lipinski definition) is 1. The number of nitrogens with one attached hydrogen (secondary N) is 1. The second kappa shape index (κ2) is 8.74. The number of anilines is 1. The van der Waals surface area contributed by atoms with Crippen LogP contribution in [0.3, 0.4) is 0 Å². The molecule has 2 aromatic carbocycles. The first-order chi connectivity index (χ1) is 13.5. The standard InChI is InChI=1S/C20H15ClFN3O2S/c1-26-18-8-16(19(27-2)7-15(18)21)24-10-13(9-23)20-25-17(11-28-20)12-3-5-14(22)6-4-12/h3-8,10-11,24H,1-2H3. The van der Waals surface area contributed by atoms with Gasteiger partial charge in [-0.25, -0.2) is 9.37 Å². The number of nitrogens with zero attached hydrogens (tertiary/aromatic N) is 2. The number of benzene rings is 2. The van der Waals surface area contributed by atoms with E-state index < -0.39 is 0 Å². The number of thiazole rings is 1. The van der Waals surface area contributed by atoms with E-state index in [-0.39, 0.29) is 5.82 Å². The van der Waals surface area contributed by atoms with Gasteiger partial charge < -0.3 is 14.8 Å². The second-order valence-corrected chi connectivity index (χ2v) is 6.81. The first-order valence-electron chi connectivity index (χ1n) is 8.06. The van der Waals surface area contributed by atoms with E-state index in [1.165, 1.54) is 37.7 Å². The minimum absolute atomic E-state index is 0.312. The lowest BCUT2D eigenvalue weighted by molar-refractivity contribution is 0.405. The fraction of sp³-hybridized carbons (Fsp3) is 0.100. The molecule has 0 saturated carbocycles. The van der Waals surface area contributed by atoms with Crippen LogP contribution in [0.15, 0.2) is 48.0 Å². The van der Waals surface area contributed by atoms with Crippen molar-refractivity contribution in [3.05, 3.63) is 63.8 Å². The molecule has 0 unspecified atom stereocenters. The van der Waals surface area contributed by atoms with E-state index in [2.05, 4.69) is 16.4 Å². The van der Waals surface area contributed by atoms with E-state index >= 15 is 0 Å². The number of nitriles is 1. The molecule has 1 heterocycles. The molecule has 5 nitrogen and oxygen atoms in total. The number of halogens is 2. The Morgan fingerprint density at radius 1 is 1.21 bits per heavy atom. The van der Waals surface area contributed by atoms with Gasteiger partial charge >= 0.3 is 0 Å². The van der Waals surface area contributed by atoms with Gasteiger partial charge in [0.15, 0.2) is 0 Å². The van der Waals surface area contributed by atoms with Crippen LogP contribution in [0.1, 0.15) is 5.01 Å². The summed E-state index contributed by atoms with van der Waals surface area (Å²) in [5, 5.41) is 15.3. The van der Waals surface area contributed by atoms with Gasteiger partial charge in [0, 0.05) is 29.3 Å². The lowest BCUT2D eigenvalue weighted by Crippen LogP contribution is -1.96. The van der Waals surface area contributed by atoms with Crippen molar-refractivity contribution in [2.75, 3.05) is 19.5 Å². The van der Waals surface area contributed by atoms with Crippen molar-refractivity contribution in [2.24, 2.45) is 0 Å². The summed E-state index contributed by atoms with van der Waals surface area (Å²) in [6.45, 7) is 0. The molecule has 1 aromatic heterocycles. The summed E-state index contributed by atoms with van der Waals surface area (Å²) < 4.78 is 23.6. The summed E-state index contributed by atoms with van der Waals surface area (Å²) in [6.07, 6.45) is 1.54. The largest absolute Gasteiger partial charge is 0.495 e. The first kappa shape index (κ1) is 19.7. The highest BCUT2D eigenvalue weighted by atomic mass is 35.5.